The number of nitro groups is 1. The van der Waals surface area contributed by atoms with Crippen LogP contribution in [0, 0.1) is 10.1 Å². The van der Waals surface area contributed by atoms with Crippen LogP contribution < -0.4 is 4.74 Å². The van der Waals surface area contributed by atoms with E-state index in [2.05, 4.69) is 0 Å². The Hall–Kier alpha value is -3.08. The summed E-state index contributed by atoms with van der Waals surface area (Å²) in [6, 6.07) is 2.11. The highest BCUT2D eigenvalue weighted by atomic mass is 32.2. The Bertz CT molecular complexity index is 865. The number of imide groups is 1. The van der Waals surface area contributed by atoms with Crippen molar-refractivity contribution in [2.24, 2.45) is 0 Å². The van der Waals surface area contributed by atoms with Gasteiger partial charge in [0, 0.05) is 11.6 Å². The SMILES string of the molecule is CCOc1cc([N+](=O)[O-])cc(/C=C2\SC(=O)N(CC(=O)OC(C)C)C2=O)c1O. The first-order valence-electron chi connectivity index (χ1n) is 8.23. The molecule has 0 spiro atoms. The number of phenols is 1. The van der Waals surface area contributed by atoms with Crippen molar-refractivity contribution < 1.29 is 33.9 Å². The van der Waals surface area contributed by atoms with Gasteiger partial charge < -0.3 is 14.6 Å². The second-order valence-corrected chi connectivity index (χ2v) is 6.87. The highest BCUT2D eigenvalue weighted by Crippen LogP contribution is 2.39. The van der Waals surface area contributed by atoms with Crippen LogP contribution in [0.2, 0.25) is 0 Å². The van der Waals surface area contributed by atoms with Crippen LogP contribution in [0.4, 0.5) is 10.5 Å². The Morgan fingerprint density at radius 2 is 2.07 bits per heavy atom. The minimum Gasteiger partial charge on any atom is -0.504 e. The third-order valence-corrected chi connectivity index (χ3v) is 4.32. The Labute approximate surface area is 164 Å². The summed E-state index contributed by atoms with van der Waals surface area (Å²) in [5.74, 6) is -2.03. The van der Waals surface area contributed by atoms with Crippen LogP contribution in [0.3, 0.4) is 0 Å². The number of carbonyl (C=O) groups is 3. The summed E-state index contributed by atoms with van der Waals surface area (Å²) in [6.07, 6.45) is 0.741. The molecule has 0 aromatic heterocycles. The van der Waals surface area contributed by atoms with Gasteiger partial charge in [-0.2, -0.15) is 0 Å². The maximum Gasteiger partial charge on any atom is 0.326 e. The molecular weight excluding hydrogens is 392 g/mol. The number of amides is 2. The van der Waals surface area contributed by atoms with Crippen LogP contribution in [0.15, 0.2) is 17.0 Å². The number of benzene rings is 1. The zero-order valence-electron chi connectivity index (χ0n) is 15.3. The third kappa shape index (κ3) is 4.80. The lowest BCUT2D eigenvalue weighted by atomic mass is 10.1. The van der Waals surface area contributed by atoms with Crippen LogP contribution in [0.1, 0.15) is 26.3 Å². The molecule has 0 aliphatic carbocycles. The number of rotatable bonds is 7. The molecule has 10 nitrogen and oxygen atoms in total. The van der Waals surface area contributed by atoms with Crippen molar-refractivity contribution in [3.8, 4) is 11.5 Å². The molecule has 2 rings (SSSR count). The summed E-state index contributed by atoms with van der Waals surface area (Å²) in [6.45, 7) is 4.51. The molecule has 1 saturated heterocycles. The van der Waals surface area contributed by atoms with Gasteiger partial charge in [0.05, 0.1) is 28.6 Å². The minimum atomic E-state index is -0.764. The van der Waals surface area contributed by atoms with E-state index in [-0.39, 0.29) is 28.5 Å². The highest BCUT2D eigenvalue weighted by molar-refractivity contribution is 8.18. The van der Waals surface area contributed by atoms with E-state index in [1.165, 1.54) is 0 Å². The van der Waals surface area contributed by atoms with Gasteiger partial charge in [-0.3, -0.25) is 29.4 Å². The molecule has 0 atom stereocenters. The molecule has 1 N–H and O–H groups in total. The largest absolute Gasteiger partial charge is 0.504 e. The van der Waals surface area contributed by atoms with E-state index >= 15 is 0 Å². The lowest BCUT2D eigenvalue weighted by Crippen LogP contribution is -2.35. The molecule has 0 unspecified atom stereocenters. The fraction of sp³-hybridized carbons (Fsp3) is 0.353. The van der Waals surface area contributed by atoms with Crippen molar-refractivity contribution in [2.45, 2.75) is 26.9 Å². The van der Waals surface area contributed by atoms with Gasteiger partial charge in [-0.05, 0) is 38.6 Å². The van der Waals surface area contributed by atoms with E-state index in [1.54, 1.807) is 20.8 Å². The van der Waals surface area contributed by atoms with Crippen molar-refractivity contribution in [1.29, 1.82) is 0 Å². The molecule has 0 bridgehead atoms. The normalized spacial score (nSPS) is 15.4. The van der Waals surface area contributed by atoms with Crippen molar-refractivity contribution in [2.75, 3.05) is 13.2 Å². The number of phenolic OH excluding ortho intramolecular Hbond substituents is 1. The molecule has 1 aromatic carbocycles. The number of hydrogen-bond donors (Lipinski definition) is 1. The van der Waals surface area contributed by atoms with Gasteiger partial charge in [-0.15, -0.1) is 0 Å². The number of ether oxygens (including phenoxy) is 2. The summed E-state index contributed by atoms with van der Waals surface area (Å²) >= 11 is 0.549. The van der Waals surface area contributed by atoms with E-state index in [9.17, 15) is 29.6 Å². The molecule has 0 saturated carbocycles. The van der Waals surface area contributed by atoms with Crippen LogP contribution in [-0.4, -0.2) is 51.3 Å². The smallest absolute Gasteiger partial charge is 0.326 e. The number of esters is 1. The van der Waals surface area contributed by atoms with Crippen molar-refractivity contribution in [3.05, 3.63) is 32.7 Å². The lowest BCUT2D eigenvalue weighted by Gasteiger charge is -2.13. The summed E-state index contributed by atoms with van der Waals surface area (Å²) in [5, 5.41) is 20.7. The number of nitrogens with zero attached hydrogens (tertiary/aromatic N) is 2. The Morgan fingerprint density at radius 1 is 1.39 bits per heavy atom. The second kappa shape index (κ2) is 8.74. The molecule has 2 amide bonds. The summed E-state index contributed by atoms with van der Waals surface area (Å²) in [5.41, 5.74) is -0.417. The molecule has 0 radical (unpaired) electrons. The first-order chi connectivity index (χ1) is 13.1. The Morgan fingerprint density at radius 3 is 2.64 bits per heavy atom. The predicted octanol–water partition coefficient (Wildman–Crippen LogP) is 2.69. The Balaban J connectivity index is 2.35. The van der Waals surface area contributed by atoms with E-state index < -0.39 is 40.4 Å². The maximum atomic E-state index is 12.4. The van der Waals surface area contributed by atoms with Crippen molar-refractivity contribution >= 4 is 40.6 Å². The molecule has 1 aliphatic heterocycles. The fourth-order valence-electron chi connectivity index (χ4n) is 2.30. The van der Waals surface area contributed by atoms with Crippen LogP contribution in [0.25, 0.3) is 6.08 Å². The van der Waals surface area contributed by atoms with Gasteiger partial charge in [-0.1, -0.05) is 0 Å². The van der Waals surface area contributed by atoms with Gasteiger partial charge in [0.25, 0.3) is 16.8 Å². The first-order valence-corrected chi connectivity index (χ1v) is 9.04. The number of aromatic hydroxyl groups is 1. The topological polar surface area (TPSA) is 136 Å². The zero-order valence-corrected chi connectivity index (χ0v) is 16.1. The molecule has 1 aliphatic rings. The highest BCUT2D eigenvalue weighted by Gasteiger charge is 2.37. The standard InChI is InChI=1S/C17H18N2O8S/c1-4-26-12-7-11(19(24)25)5-10(15(12)21)6-13-16(22)18(17(23)28-13)8-14(20)27-9(2)3/h5-7,9,21H,4,8H2,1-3H3/b13-6-. The van der Waals surface area contributed by atoms with E-state index in [1.807, 2.05) is 0 Å². The molecule has 1 fully saturated rings. The van der Waals surface area contributed by atoms with Crippen LogP contribution in [0.5, 0.6) is 11.5 Å². The number of non-ortho nitro benzene ring substituents is 1. The summed E-state index contributed by atoms with van der Waals surface area (Å²) < 4.78 is 10.1. The Kier molecular flexibility index (Phi) is 6.62. The van der Waals surface area contributed by atoms with E-state index in [0.717, 1.165) is 18.2 Å². The predicted molar refractivity (Wildman–Crippen MR) is 99.8 cm³/mol. The number of nitro benzene ring substituents is 1. The van der Waals surface area contributed by atoms with Crippen LogP contribution in [-0.2, 0) is 14.3 Å². The van der Waals surface area contributed by atoms with Crippen molar-refractivity contribution in [1.82, 2.24) is 4.90 Å². The zero-order chi connectivity index (χ0) is 21.0. The second-order valence-electron chi connectivity index (χ2n) is 5.88. The average molecular weight is 410 g/mol. The van der Waals surface area contributed by atoms with Crippen molar-refractivity contribution in [3.63, 3.8) is 0 Å². The summed E-state index contributed by atoms with van der Waals surface area (Å²) in [7, 11) is 0. The molecule has 1 aromatic rings. The maximum absolute atomic E-state index is 12.4. The molecule has 28 heavy (non-hydrogen) atoms. The van der Waals surface area contributed by atoms with Gasteiger partial charge >= 0.3 is 5.97 Å². The van der Waals surface area contributed by atoms with Gasteiger partial charge in [0.1, 0.15) is 6.54 Å². The first kappa shape index (κ1) is 21.2. The lowest BCUT2D eigenvalue weighted by molar-refractivity contribution is -0.385. The van der Waals surface area contributed by atoms with E-state index in [0.29, 0.717) is 16.7 Å². The van der Waals surface area contributed by atoms with Gasteiger partial charge in [0.2, 0.25) is 0 Å². The molecular formula is C17H18N2O8S. The van der Waals surface area contributed by atoms with Crippen LogP contribution >= 0.6 is 11.8 Å². The quantitative estimate of drug-likeness (QED) is 0.311. The third-order valence-electron chi connectivity index (χ3n) is 3.41. The number of carbonyl (C=O) groups excluding carboxylic acids is 3. The number of thioether (sulfide) groups is 1. The van der Waals surface area contributed by atoms with E-state index in [4.69, 9.17) is 9.47 Å². The minimum absolute atomic E-state index is 0.0621. The summed E-state index contributed by atoms with van der Waals surface area (Å²) in [4.78, 5) is 47.3. The van der Waals surface area contributed by atoms with Gasteiger partial charge in [-0.25, -0.2) is 0 Å². The average Bonchev–Trinajstić information content (AvgIpc) is 2.85. The molecule has 150 valence electrons. The fourth-order valence-corrected chi connectivity index (χ4v) is 3.13. The molecule has 1 heterocycles. The monoisotopic (exact) mass is 410 g/mol. The molecule has 11 heteroatoms. The van der Waals surface area contributed by atoms with Gasteiger partial charge in [0.15, 0.2) is 11.5 Å². The number of hydrogen-bond acceptors (Lipinski definition) is 9.